The second-order valence-corrected chi connectivity index (χ2v) is 11.0. The maximum atomic E-state index is 13.0. The molecule has 6 nitrogen and oxygen atoms in total. The lowest BCUT2D eigenvalue weighted by Crippen LogP contribution is -2.52. The van der Waals surface area contributed by atoms with E-state index in [0.29, 0.717) is 30.6 Å². The molecule has 2 aromatic carbocycles. The van der Waals surface area contributed by atoms with Gasteiger partial charge in [-0.15, -0.1) is 11.8 Å². The van der Waals surface area contributed by atoms with Crippen molar-refractivity contribution in [2.75, 3.05) is 6.54 Å². The minimum Gasteiger partial charge on any atom is -0.322 e. The zero-order valence-electron chi connectivity index (χ0n) is 21.0. The van der Waals surface area contributed by atoms with Crippen LogP contribution in [0.1, 0.15) is 67.6 Å². The van der Waals surface area contributed by atoms with Crippen molar-refractivity contribution in [2.45, 2.75) is 82.3 Å². The summed E-state index contributed by atoms with van der Waals surface area (Å²) in [7, 11) is 0. The molecule has 1 N–H and O–H groups in total. The van der Waals surface area contributed by atoms with Crippen LogP contribution in [0.25, 0.3) is 0 Å². The first-order valence-corrected chi connectivity index (χ1v) is 13.5. The summed E-state index contributed by atoms with van der Waals surface area (Å²) in [6.07, 6.45) is 1.68. The molecule has 2 aliphatic heterocycles. The van der Waals surface area contributed by atoms with Crippen molar-refractivity contribution < 1.29 is 14.4 Å². The van der Waals surface area contributed by atoms with Gasteiger partial charge in [0.15, 0.2) is 0 Å². The molecule has 2 aliphatic rings. The van der Waals surface area contributed by atoms with Gasteiger partial charge in [-0.3, -0.25) is 24.6 Å². The summed E-state index contributed by atoms with van der Waals surface area (Å²) in [5.41, 5.74) is 4.23. The van der Waals surface area contributed by atoms with Crippen LogP contribution < -0.4 is 5.32 Å². The summed E-state index contributed by atoms with van der Waals surface area (Å²) >= 11 is 1.72. The number of rotatable bonds is 9. The van der Waals surface area contributed by atoms with Gasteiger partial charge in [0.2, 0.25) is 11.8 Å². The number of benzene rings is 2. The molecule has 2 aromatic rings. The number of hydrogen-bond acceptors (Lipinski definition) is 5. The van der Waals surface area contributed by atoms with Crippen LogP contribution in [0.2, 0.25) is 0 Å². The van der Waals surface area contributed by atoms with E-state index in [0.717, 1.165) is 29.2 Å². The molecule has 186 valence electrons. The third-order valence-corrected chi connectivity index (χ3v) is 8.11. The fourth-order valence-corrected chi connectivity index (χ4v) is 6.06. The topological polar surface area (TPSA) is 69.7 Å². The molecular formula is C28H35N3O3S. The first-order chi connectivity index (χ1) is 16.7. The van der Waals surface area contributed by atoms with E-state index in [9.17, 15) is 14.4 Å². The molecule has 1 atom stereocenters. The Kier molecular flexibility index (Phi) is 7.97. The van der Waals surface area contributed by atoms with E-state index >= 15 is 0 Å². The molecule has 35 heavy (non-hydrogen) atoms. The average molecular weight is 494 g/mol. The second-order valence-electron chi connectivity index (χ2n) is 9.96. The minimum atomic E-state index is -0.583. The number of nitrogens with one attached hydrogen (secondary N) is 1. The second kappa shape index (κ2) is 11.0. The molecule has 4 rings (SSSR count). The van der Waals surface area contributed by atoms with E-state index in [-0.39, 0.29) is 24.1 Å². The Hall–Kier alpha value is -2.64. The molecule has 1 unspecified atom stereocenters. The van der Waals surface area contributed by atoms with Gasteiger partial charge >= 0.3 is 0 Å². The summed E-state index contributed by atoms with van der Waals surface area (Å²) < 4.78 is 0. The molecular weight excluding hydrogens is 458 g/mol. The maximum absolute atomic E-state index is 13.0. The van der Waals surface area contributed by atoms with Crippen molar-refractivity contribution in [1.82, 2.24) is 15.1 Å². The van der Waals surface area contributed by atoms with Gasteiger partial charge in [0, 0.05) is 47.8 Å². The molecule has 1 fully saturated rings. The van der Waals surface area contributed by atoms with E-state index in [1.54, 1.807) is 16.7 Å². The summed E-state index contributed by atoms with van der Waals surface area (Å²) in [4.78, 5) is 42.1. The third-order valence-electron chi connectivity index (χ3n) is 6.94. The van der Waals surface area contributed by atoms with Gasteiger partial charge in [0.25, 0.3) is 5.91 Å². The predicted octanol–water partition coefficient (Wildman–Crippen LogP) is 4.40. The summed E-state index contributed by atoms with van der Waals surface area (Å²) in [5.74, 6) is 0.0441. The molecule has 7 heteroatoms. The quantitative estimate of drug-likeness (QED) is 0.414. The van der Waals surface area contributed by atoms with Crippen molar-refractivity contribution in [1.29, 1.82) is 0 Å². The summed E-state index contributed by atoms with van der Waals surface area (Å²) in [5, 5.41) is 2.37. The number of piperidine rings is 1. The highest BCUT2D eigenvalue weighted by molar-refractivity contribution is 7.98. The summed E-state index contributed by atoms with van der Waals surface area (Å²) in [6.45, 7) is 10.5. The lowest BCUT2D eigenvalue weighted by atomic mass is 10.0. The number of carbonyl (C=O) groups excluding carboxylic acids is 3. The minimum absolute atomic E-state index is 0.127. The van der Waals surface area contributed by atoms with E-state index in [1.807, 2.05) is 18.2 Å². The highest BCUT2D eigenvalue weighted by Crippen LogP contribution is 2.35. The number of fused-ring (bicyclic) bond motifs is 1. The zero-order valence-corrected chi connectivity index (χ0v) is 21.9. The first-order valence-electron chi connectivity index (χ1n) is 12.5. The Labute approximate surface area is 212 Å². The van der Waals surface area contributed by atoms with Crippen molar-refractivity contribution in [2.24, 2.45) is 0 Å². The van der Waals surface area contributed by atoms with Gasteiger partial charge in [0.1, 0.15) is 6.04 Å². The molecule has 0 aromatic heterocycles. The van der Waals surface area contributed by atoms with E-state index in [4.69, 9.17) is 0 Å². The Bertz CT molecular complexity index is 1090. The van der Waals surface area contributed by atoms with Crippen LogP contribution in [-0.2, 0) is 28.3 Å². The number of carbonyl (C=O) groups is 3. The lowest BCUT2D eigenvalue weighted by molar-refractivity contribution is -0.136. The van der Waals surface area contributed by atoms with Crippen LogP contribution in [0.15, 0.2) is 47.4 Å². The highest BCUT2D eigenvalue weighted by Gasteiger charge is 2.39. The number of hydrogen-bond donors (Lipinski definition) is 1. The molecule has 0 radical (unpaired) electrons. The van der Waals surface area contributed by atoms with Gasteiger partial charge in [0.05, 0.1) is 0 Å². The van der Waals surface area contributed by atoms with Crippen LogP contribution in [0.5, 0.6) is 0 Å². The van der Waals surface area contributed by atoms with Gasteiger partial charge in [-0.1, -0.05) is 30.3 Å². The first kappa shape index (κ1) is 25.5. The monoisotopic (exact) mass is 493 g/mol. The van der Waals surface area contributed by atoms with Crippen molar-refractivity contribution >= 4 is 29.5 Å². The summed E-state index contributed by atoms with van der Waals surface area (Å²) in [6, 6.07) is 15.1. The van der Waals surface area contributed by atoms with E-state index in [2.05, 4.69) is 62.2 Å². The lowest BCUT2D eigenvalue weighted by Gasteiger charge is -2.30. The van der Waals surface area contributed by atoms with Crippen LogP contribution in [0.3, 0.4) is 0 Å². The smallest absolute Gasteiger partial charge is 0.255 e. The molecule has 1 saturated heterocycles. The standard InChI is InChI=1S/C28H35N3O3S/c1-18(2)30(19(3)4)15-14-20-8-10-21(11-9-20)17-35-25-7-5-6-22-23(25)16-31(28(22)34)24-12-13-26(32)29-27(24)33/h5-11,18-19,24H,12-17H2,1-4H3,(H,29,32,33). The molecule has 0 saturated carbocycles. The van der Waals surface area contributed by atoms with Crippen LogP contribution in [0, 0.1) is 0 Å². The van der Waals surface area contributed by atoms with Crippen LogP contribution >= 0.6 is 11.8 Å². The van der Waals surface area contributed by atoms with Gasteiger partial charge in [-0.05, 0) is 69.4 Å². The van der Waals surface area contributed by atoms with Gasteiger partial charge in [-0.25, -0.2) is 0 Å². The largest absolute Gasteiger partial charge is 0.322 e. The molecule has 3 amide bonds. The SMILES string of the molecule is CC(C)N(CCc1ccc(CSc2cccc3c2CN(C2CCC(=O)NC2=O)C3=O)cc1)C(C)C. The molecule has 0 spiro atoms. The van der Waals surface area contributed by atoms with Gasteiger partial charge < -0.3 is 4.90 Å². The number of amides is 3. The Morgan fingerprint density at radius 3 is 2.34 bits per heavy atom. The van der Waals surface area contributed by atoms with Crippen molar-refractivity contribution in [3.05, 3.63) is 64.7 Å². The zero-order chi connectivity index (χ0) is 25.1. The Morgan fingerprint density at radius 2 is 1.69 bits per heavy atom. The Morgan fingerprint density at radius 1 is 1.00 bits per heavy atom. The van der Waals surface area contributed by atoms with Crippen molar-refractivity contribution in [3.63, 3.8) is 0 Å². The molecule has 2 heterocycles. The maximum Gasteiger partial charge on any atom is 0.255 e. The van der Waals surface area contributed by atoms with Crippen LogP contribution in [-0.4, -0.2) is 52.2 Å². The highest BCUT2D eigenvalue weighted by atomic mass is 32.2. The number of imide groups is 1. The Balaban J connectivity index is 1.38. The van der Waals surface area contributed by atoms with Crippen molar-refractivity contribution in [3.8, 4) is 0 Å². The number of nitrogens with zero attached hydrogens (tertiary/aromatic N) is 2. The normalized spacial score (nSPS) is 18.1. The van der Waals surface area contributed by atoms with E-state index < -0.39 is 6.04 Å². The number of thioether (sulfide) groups is 1. The predicted molar refractivity (Wildman–Crippen MR) is 139 cm³/mol. The van der Waals surface area contributed by atoms with Gasteiger partial charge in [-0.2, -0.15) is 0 Å². The third kappa shape index (κ3) is 5.78. The molecule has 0 aliphatic carbocycles. The van der Waals surface area contributed by atoms with Crippen LogP contribution in [0.4, 0.5) is 0 Å². The van der Waals surface area contributed by atoms with E-state index in [1.165, 1.54) is 11.1 Å². The average Bonchev–Trinajstić information content (AvgIpc) is 3.15. The fraction of sp³-hybridized carbons (Fsp3) is 0.464. The fourth-order valence-electron chi connectivity index (χ4n) is 5.03. The molecule has 0 bridgehead atoms.